The minimum absolute atomic E-state index is 0.177. The summed E-state index contributed by atoms with van der Waals surface area (Å²) in [6.07, 6.45) is 6.60. The van der Waals surface area contributed by atoms with Crippen molar-refractivity contribution in [2.24, 2.45) is 11.8 Å². The lowest BCUT2D eigenvalue weighted by Gasteiger charge is -2.33. The topological polar surface area (TPSA) is 81.8 Å². The van der Waals surface area contributed by atoms with Gasteiger partial charge in [-0.2, -0.15) is 0 Å². The summed E-state index contributed by atoms with van der Waals surface area (Å²) >= 11 is 0. The van der Waals surface area contributed by atoms with Gasteiger partial charge < -0.3 is 15.5 Å². The Morgan fingerprint density at radius 3 is 2.41 bits per heavy atom. The number of nitrogens with one attached hydrogen (secondary N) is 2. The number of hydrogen-bond donors (Lipinski definition) is 2. The van der Waals surface area contributed by atoms with Crippen molar-refractivity contribution in [3.63, 3.8) is 0 Å². The van der Waals surface area contributed by atoms with Crippen molar-refractivity contribution in [3.05, 3.63) is 0 Å². The maximum Gasteiger partial charge on any atom is 0.325 e. The van der Waals surface area contributed by atoms with Crippen LogP contribution < -0.4 is 10.6 Å². The average Bonchev–Trinajstić information content (AvgIpc) is 2.87. The van der Waals surface area contributed by atoms with E-state index in [9.17, 15) is 14.4 Å². The second-order valence-electron chi connectivity index (χ2n) is 8.81. The first-order valence-electron chi connectivity index (χ1n) is 10.5. The Labute approximate surface area is 162 Å². The number of amides is 4. The number of rotatable bonds is 6. The van der Waals surface area contributed by atoms with Crippen LogP contribution in [0, 0.1) is 11.8 Å². The van der Waals surface area contributed by atoms with Crippen molar-refractivity contribution in [1.29, 1.82) is 0 Å². The first kappa shape index (κ1) is 20.1. The Balaban J connectivity index is 1.39. The molecule has 0 aromatic rings. The fourth-order valence-corrected chi connectivity index (χ4v) is 4.43. The van der Waals surface area contributed by atoms with E-state index < -0.39 is 11.6 Å². The van der Waals surface area contributed by atoms with Gasteiger partial charge in [-0.15, -0.1) is 0 Å². The standard InChI is InChI=1S/C20H34N4O3/c1-15-4-8-20(9-5-15)18(26)24(19(27)22-20)14-17(25)21-10-3-11-23-12-6-16(2)7-13-23/h15-16H,3-14H2,1-2H3,(H,21,25)(H,22,27). The molecular weight excluding hydrogens is 344 g/mol. The van der Waals surface area contributed by atoms with E-state index in [4.69, 9.17) is 0 Å². The van der Waals surface area contributed by atoms with E-state index in [1.165, 1.54) is 12.8 Å². The molecule has 0 atom stereocenters. The van der Waals surface area contributed by atoms with E-state index >= 15 is 0 Å². The summed E-state index contributed by atoms with van der Waals surface area (Å²) in [5.41, 5.74) is -0.769. The normalized spacial score (nSPS) is 30.0. The summed E-state index contributed by atoms with van der Waals surface area (Å²) in [6.45, 7) is 8.13. The van der Waals surface area contributed by atoms with Crippen LogP contribution in [-0.2, 0) is 9.59 Å². The minimum atomic E-state index is -0.769. The van der Waals surface area contributed by atoms with Crippen molar-refractivity contribution >= 4 is 17.8 Å². The summed E-state index contributed by atoms with van der Waals surface area (Å²) in [7, 11) is 0. The van der Waals surface area contributed by atoms with Crippen LogP contribution in [0.3, 0.4) is 0 Å². The molecule has 0 bridgehead atoms. The first-order chi connectivity index (χ1) is 12.9. The fourth-order valence-electron chi connectivity index (χ4n) is 4.43. The highest BCUT2D eigenvalue weighted by atomic mass is 16.2. The van der Waals surface area contributed by atoms with E-state index in [-0.39, 0.29) is 18.4 Å². The van der Waals surface area contributed by atoms with E-state index in [0.717, 1.165) is 49.7 Å². The van der Waals surface area contributed by atoms with E-state index in [1.54, 1.807) is 0 Å². The van der Waals surface area contributed by atoms with Gasteiger partial charge in [0.05, 0.1) is 0 Å². The fraction of sp³-hybridized carbons (Fsp3) is 0.850. The molecule has 2 heterocycles. The molecule has 0 aromatic heterocycles. The summed E-state index contributed by atoms with van der Waals surface area (Å²) < 4.78 is 0. The van der Waals surface area contributed by atoms with Crippen molar-refractivity contribution in [3.8, 4) is 0 Å². The Hall–Kier alpha value is -1.63. The van der Waals surface area contributed by atoms with Crippen LogP contribution >= 0.6 is 0 Å². The van der Waals surface area contributed by atoms with Crippen LogP contribution in [0.25, 0.3) is 0 Å². The van der Waals surface area contributed by atoms with Gasteiger partial charge >= 0.3 is 6.03 Å². The molecule has 2 N–H and O–H groups in total. The second kappa shape index (κ2) is 8.59. The van der Waals surface area contributed by atoms with Crippen LogP contribution in [-0.4, -0.2) is 65.9 Å². The Kier molecular flexibility index (Phi) is 6.40. The molecule has 27 heavy (non-hydrogen) atoms. The monoisotopic (exact) mass is 378 g/mol. The third-order valence-corrected chi connectivity index (χ3v) is 6.52. The number of carbonyl (C=O) groups excluding carboxylic acids is 3. The lowest BCUT2D eigenvalue weighted by atomic mass is 9.77. The van der Waals surface area contributed by atoms with Gasteiger partial charge in [-0.1, -0.05) is 13.8 Å². The number of hydrogen-bond acceptors (Lipinski definition) is 4. The number of likely N-dealkylation sites (tertiary alicyclic amines) is 1. The zero-order valence-corrected chi connectivity index (χ0v) is 16.8. The summed E-state index contributed by atoms with van der Waals surface area (Å²) in [6, 6.07) is -0.424. The van der Waals surface area contributed by atoms with E-state index in [2.05, 4.69) is 29.4 Å². The summed E-state index contributed by atoms with van der Waals surface area (Å²) in [5.74, 6) is 0.922. The molecule has 1 saturated carbocycles. The Morgan fingerprint density at radius 2 is 1.74 bits per heavy atom. The highest BCUT2D eigenvalue weighted by Crippen LogP contribution is 2.36. The number of carbonyl (C=O) groups is 3. The van der Waals surface area contributed by atoms with Gasteiger partial charge in [0.15, 0.2) is 0 Å². The maximum absolute atomic E-state index is 12.8. The number of urea groups is 1. The molecule has 1 aliphatic carbocycles. The minimum Gasteiger partial charge on any atom is -0.354 e. The van der Waals surface area contributed by atoms with Crippen LogP contribution in [0.2, 0.25) is 0 Å². The molecule has 7 heteroatoms. The Bertz CT molecular complexity index is 564. The number of piperidine rings is 1. The van der Waals surface area contributed by atoms with Gasteiger partial charge in [-0.25, -0.2) is 4.79 Å². The van der Waals surface area contributed by atoms with Crippen LogP contribution in [0.1, 0.15) is 58.8 Å². The van der Waals surface area contributed by atoms with Gasteiger partial charge in [0.1, 0.15) is 12.1 Å². The SMILES string of the molecule is CC1CCN(CCCNC(=O)CN2C(=O)NC3(CCC(C)CC3)C2=O)CC1. The van der Waals surface area contributed by atoms with Crippen molar-refractivity contribution < 1.29 is 14.4 Å². The van der Waals surface area contributed by atoms with Crippen LogP contribution in [0.5, 0.6) is 0 Å². The third kappa shape index (κ3) is 4.81. The molecule has 0 radical (unpaired) electrons. The molecule has 0 unspecified atom stereocenters. The van der Waals surface area contributed by atoms with Crippen molar-refractivity contribution in [2.75, 3.05) is 32.7 Å². The molecule has 7 nitrogen and oxygen atoms in total. The molecule has 2 aliphatic heterocycles. The predicted molar refractivity (Wildman–Crippen MR) is 103 cm³/mol. The molecule has 0 aromatic carbocycles. The van der Waals surface area contributed by atoms with Crippen LogP contribution in [0.15, 0.2) is 0 Å². The lowest BCUT2D eigenvalue weighted by Crippen LogP contribution is -2.50. The Morgan fingerprint density at radius 1 is 1.11 bits per heavy atom. The summed E-state index contributed by atoms with van der Waals surface area (Å²) in [4.78, 5) is 40.7. The second-order valence-corrected chi connectivity index (χ2v) is 8.81. The largest absolute Gasteiger partial charge is 0.354 e. The van der Waals surface area contributed by atoms with E-state index in [1.807, 2.05) is 0 Å². The molecule has 1 spiro atoms. The molecule has 2 saturated heterocycles. The third-order valence-electron chi connectivity index (χ3n) is 6.52. The predicted octanol–water partition coefficient (Wildman–Crippen LogP) is 1.73. The summed E-state index contributed by atoms with van der Waals surface area (Å²) in [5, 5.41) is 5.72. The zero-order chi connectivity index (χ0) is 19.4. The molecule has 3 rings (SSSR count). The molecule has 4 amide bonds. The zero-order valence-electron chi connectivity index (χ0n) is 16.8. The maximum atomic E-state index is 12.8. The molecule has 3 fully saturated rings. The first-order valence-corrected chi connectivity index (χ1v) is 10.5. The smallest absolute Gasteiger partial charge is 0.325 e. The molecular formula is C20H34N4O3. The number of imide groups is 1. The van der Waals surface area contributed by atoms with E-state index in [0.29, 0.717) is 25.3 Å². The highest BCUT2D eigenvalue weighted by molar-refractivity contribution is 6.09. The van der Waals surface area contributed by atoms with Crippen molar-refractivity contribution in [2.45, 2.75) is 64.3 Å². The van der Waals surface area contributed by atoms with Gasteiger partial charge in [0, 0.05) is 6.54 Å². The van der Waals surface area contributed by atoms with Crippen LogP contribution in [0.4, 0.5) is 4.79 Å². The highest BCUT2D eigenvalue weighted by Gasteiger charge is 2.52. The van der Waals surface area contributed by atoms with Gasteiger partial charge in [-0.05, 0) is 76.4 Å². The molecule has 152 valence electrons. The van der Waals surface area contributed by atoms with Gasteiger partial charge in [-0.3, -0.25) is 14.5 Å². The quantitative estimate of drug-likeness (QED) is 0.545. The molecule has 3 aliphatic rings. The van der Waals surface area contributed by atoms with Gasteiger partial charge in [0.25, 0.3) is 5.91 Å². The van der Waals surface area contributed by atoms with Gasteiger partial charge in [0.2, 0.25) is 5.91 Å². The van der Waals surface area contributed by atoms with Crippen molar-refractivity contribution in [1.82, 2.24) is 20.4 Å². The average molecular weight is 379 g/mol. The lowest BCUT2D eigenvalue weighted by molar-refractivity contribution is -0.136. The number of nitrogens with zero attached hydrogens (tertiary/aromatic N) is 2.